The van der Waals surface area contributed by atoms with Gasteiger partial charge in [0.1, 0.15) is 5.67 Å². The van der Waals surface area contributed by atoms with Crippen LogP contribution in [-0.2, 0) is 15.6 Å². The molecule has 0 aliphatic heterocycles. The first-order chi connectivity index (χ1) is 20.4. The molecule has 0 N–H and O–H groups in total. The van der Waals surface area contributed by atoms with Crippen LogP contribution in [-0.4, -0.2) is 38.2 Å². The summed E-state index contributed by atoms with van der Waals surface area (Å²) in [7, 11) is 0. The Kier molecular flexibility index (Phi) is 5.68. The number of alkyl halides is 1. The van der Waals surface area contributed by atoms with Crippen LogP contribution in [0.3, 0.4) is 0 Å². The molecule has 3 heterocycles. The minimum absolute atomic E-state index is 0.0257. The zero-order valence-corrected chi connectivity index (χ0v) is 26.2. The van der Waals surface area contributed by atoms with Gasteiger partial charge in [0, 0.05) is 34.8 Å². The van der Waals surface area contributed by atoms with Gasteiger partial charge in [0.05, 0.1) is 15.1 Å². The van der Waals surface area contributed by atoms with E-state index < -0.39 is 11.1 Å². The van der Waals surface area contributed by atoms with Crippen LogP contribution < -0.4 is 4.90 Å². The normalized spacial score (nSPS) is 31.1. The van der Waals surface area contributed by atoms with Crippen molar-refractivity contribution in [1.82, 2.24) is 20.1 Å². The number of rotatable bonds is 6. The smallest absolute Gasteiger partial charge is 0.233 e. The van der Waals surface area contributed by atoms with E-state index in [1.54, 1.807) is 11.3 Å². The topological polar surface area (TPSA) is 85.0 Å². The van der Waals surface area contributed by atoms with E-state index in [0.717, 1.165) is 82.4 Å². The van der Waals surface area contributed by atoms with E-state index in [1.165, 1.54) is 0 Å². The minimum Gasteiger partial charge on any atom is -0.339 e. The molecule has 4 bridgehead atoms. The number of aryl methyl sites for hydroxylation is 1. The quantitative estimate of drug-likeness (QED) is 0.224. The average molecular weight is 600 g/mol. The van der Waals surface area contributed by atoms with Gasteiger partial charge in [-0.3, -0.25) is 4.79 Å². The van der Waals surface area contributed by atoms with E-state index in [-0.39, 0.29) is 22.2 Å². The second-order valence-electron chi connectivity index (χ2n) is 15.1. The fourth-order valence-electron chi connectivity index (χ4n) is 8.30. The number of aromatic nitrogens is 4. The first kappa shape index (κ1) is 27.4. The van der Waals surface area contributed by atoms with Gasteiger partial charge < -0.3 is 9.42 Å². The van der Waals surface area contributed by atoms with Gasteiger partial charge in [0.15, 0.2) is 11.5 Å². The summed E-state index contributed by atoms with van der Waals surface area (Å²) >= 11 is 1.64. The molecule has 9 heteroatoms. The molecular formula is C34H38FN5O2S. The SMILES string of the molecule is Cc1nc2ncc(-c3cccc(N(CC45CCC(c6nc(C(C)(C)C)no6)(CC4)CC5)C(=O)C45CC(F)(C4)C5)c3)cc2s1. The molecule has 6 saturated carbocycles. The van der Waals surface area contributed by atoms with Crippen molar-refractivity contribution in [2.75, 3.05) is 11.4 Å². The maximum atomic E-state index is 14.6. The minimum atomic E-state index is -1.12. The number of pyridine rings is 1. The second kappa shape index (κ2) is 8.93. The van der Waals surface area contributed by atoms with E-state index >= 15 is 0 Å². The van der Waals surface area contributed by atoms with Gasteiger partial charge in [-0.25, -0.2) is 14.4 Å². The summed E-state index contributed by atoms with van der Waals surface area (Å²) in [6.45, 7) is 8.98. The number of fused-ring (bicyclic) bond motifs is 4. The van der Waals surface area contributed by atoms with Crippen molar-refractivity contribution >= 4 is 33.3 Å². The van der Waals surface area contributed by atoms with Gasteiger partial charge in [0.25, 0.3) is 0 Å². The van der Waals surface area contributed by atoms with Crippen LogP contribution in [0.2, 0.25) is 0 Å². The number of carbonyl (C=O) groups excluding carboxylic acids is 1. The van der Waals surface area contributed by atoms with Gasteiger partial charge in [-0.05, 0) is 93.9 Å². The van der Waals surface area contributed by atoms with Crippen LogP contribution in [0.5, 0.6) is 0 Å². The molecule has 4 aromatic rings. The predicted octanol–water partition coefficient (Wildman–Crippen LogP) is 7.86. The maximum Gasteiger partial charge on any atom is 0.233 e. The highest BCUT2D eigenvalue weighted by atomic mass is 32.1. The van der Waals surface area contributed by atoms with Gasteiger partial charge in [-0.1, -0.05) is 38.1 Å². The summed E-state index contributed by atoms with van der Waals surface area (Å²) in [4.78, 5) is 30.3. The molecule has 0 spiro atoms. The summed E-state index contributed by atoms with van der Waals surface area (Å²) in [5.41, 5.74) is 1.83. The lowest BCUT2D eigenvalue weighted by molar-refractivity contribution is -0.211. The van der Waals surface area contributed by atoms with E-state index in [4.69, 9.17) is 9.51 Å². The highest BCUT2D eigenvalue weighted by Crippen LogP contribution is 2.70. The summed E-state index contributed by atoms with van der Waals surface area (Å²) in [5, 5.41) is 5.32. The molecule has 6 aliphatic carbocycles. The standard InChI is InChI=1S/C34H38FN5O2S/c1-21-37-26-25(43-21)15-23(16-36-26)22-6-5-7-24(14-22)40(29(41)33-17-34(35,18-33)19-33)20-31-8-11-32(12-9-31,13-10-31)28-38-27(39-42-28)30(2,3)4/h5-7,14-16H,8-13,17-20H2,1-4H3. The van der Waals surface area contributed by atoms with Crippen molar-refractivity contribution in [3.63, 3.8) is 0 Å². The highest BCUT2D eigenvalue weighted by Gasteiger charge is 2.73. The van der Waals surface area contributed by atoms with Crippen LogP contribution in [0.1, 0.15) is 95.3 Å². The number of carbonyl (C=O) groups is 1. The summed E-state index contributed by atoms with van der Waals surface area (Å²) < 4.78 is 21.6. The Morgan fingerprint density at radius 2 is 1.74 bits per heavy atom. The Hall–Kier alpha value is -3.20. The van der Waals surface area contributed by atoms with E-state index in [0.29, 0.717) is 25.8 Å². The number of hydrogen-bond donors (Lipinski definition) is 0. The molecule has 224 valence electrons. The molecule has 0 radical (unpaired) electrons. The first-order valence-electron chi connectivity index (χ1n) is 15.6. The van der Waals surface area contributed by atoms with Crippen molar-refractivity contribution in [3.8, 4) is 11.1 Å². The molecule has 0 unspecified atom stereocenters. The number of thiazole rings is 1. The van der Waals surface area contributed by atoms with E-state index in [2.05, 4.69) is 54.1 Å². The number of hydrogen-bond acceptors (Lipinski definition) is 7. The molecular weight excluding hydrogens is 561 g/mol. The third-order valence-electron chi connectivity index (χ3n) is 11.0. The van der Waals surface area contributed by atoms with Crippen LogP contribution in [0.15, 0.2) is 41.1 Å². The molecule has 6 aliphatic rings. The van der Waals surface area contributed by atoms with Gasteiger partial charge in [-0.2, -0.15) is 4.98 Å². The second-order valence-corrected chi connectivity index (χ2v) is 16.4. The molecule has 0 atom stereocenters. The number of anilines is 1. The highest BCUT2D eigenvalue weighted by molar-refractivity contribution is 7.18. The lowest BCUT2D eigenvalue weighted by atomic mass is 9.41. The largest absolute Gasteiger partial charge is 0.339 e. The fraction of sp³-hybridized carbons (Fsp3) is 0.559. The van der Waals surface area contributed by atoms with Crippen molar-refractivity contribution in [3.05, 3.63) is 53.3 Å². The molecule has 0 saturated heterocycles. The summed E-state index contributed by atoms with van der Waals surface area (Å²) in [6, 6.07) is 10.4. The zero-order valence-electron chi connectivity index (χ0n) is 25.4. The first-order valence-corrected chi connectivity index (χ1v) is 16.4. The van der Waals surface area contributed by atoms with Gasteiger partial charge in [0.2, 0.25) is 11.8 Å². The predicted molar refractivity (Wildman–Crippen MR) is 165 cm³/mol. The Morgan fingerprint density at radius 1 is 1.02 bits per heavy atom. The number of benzene rings is 1. The van der Waals surface area contributed by atoms with Crippen molar-refractivity contribution in [1.29, 1.82) is 0 Å². The molecule has 1 amide bonds. The Balaban J connectivity index is 1.09. The Morgan fingerprint density at radius 3 is 2.40 bits per heavy atom. The van der Waals surface area contributed by atoms with Gasteiger partial charge >= 0.3 is 0 Å². The fourth-order valence-corrected chi connectivity index (χ4v) is 9.12. The Bertz CT molecular complexity index is 1730. The number of amides is 1. The van der Waals surface area contributed by atoms with Crippen molar-refractivity contribution in [2.24, 2.45) is 10.8 Å². The van der Waals surface area contributed by atoms with Crippen molar-refractivity contribution < 1.29 is 13.7 Å². The Labute approximate surface area is 255 Å². The third-order valence-corrected chi connectivity index (χ3v) is 11.9. The third kappa shape index (κ3) is 4.28. The summed E-state index contributed by atoms with van der Waals surface area (Å²) in [6.07, 6.45) is 8.94. The lowest BCUT2D eigenvalue weighted by Crippen LogP contribution is -2.71. The molecule has 7 nitrogen and oxygen atoms in total. The van der Waals surface area contributed by atoms with Crippen molar-refractivity contribution in [2.45, 2.75) is 102 Å². The molecule has 10 rings (SSSR count). The van der Waals surface area contributed by atoms with Crippen LogP contribution in [0.4, 0.5) is 10.1 Å². The van der Waals surface area contributed by atoms with Gasteiger partial charge in [-0.15, -0.1) is 11.3 Å². The monoisotopic (exact) mass is 599 g/mol. The maximum absolute atomic E-state index is 14.6. The molecule has 6 fully saturated rings. The van der Waals surface area contributed by atoms with Crippen LogP contribution >= 0.6 is 11.3 Å². The number of halogens is 1. The van der Waals surface area contributed by atoms with Crippen LogP contribution in [0.25, 0.3) is 21.5 Å². The molecule has 43 heavy (non-hydrogen) atoms. The average Bonchev–Trinajstić information content (AvgIpc) is 3.61. The van der Waals surface area contributed by atoms with E-state index in [1.807, 2.05) is 30.2 Å². The summed E-state index contributed by atoms with van der Waals surface area (Å²) in [5.74, 6) is 1.65. The molecule has 1 aromatic carbocycles. The lowest BCUT2D eigenvalue weighted by Gasteiger charge is -2.65. The zero-order chi connectivity index (χ0) is 29.8. The van der Waals surface area contributed by atoms with E-state index in [9.17, 15) is 9.18 Å². The molecule has 3 aromatic heterocycles. The number of nitrogens with zero attached hydrogens (tertiary/aromatic N) is 5. The van der Waals surface area contributed by atoms with Crippen LogP contribution in [0, 0.1) is 17.8 Å².